The highest BCUT2D eigenvalue weighted by Crippen LogP contribution is 2.25. The van der Waals surface area contributed by atoms with Crippen molar-refractivity contribution in [3.8, 4) is 0 Å². The van der Waals surface area contributed by atoms with Gasteiger partial charge in [0.2, 0.25) is 0 Å². The van der Waals surface area contributed by atoms with E-state index in [-0.39, 0.29) is 5.91 Å². The summed E-state index contributed by atoms with van der Waals surface area (Å²) in [4.78, 5) is 16.6. The van der Waals surface area contributed by atoms with Crippen molar-refractivity contribution in [3.63, 3.8) is 0 Å². The average molecular weight is 389 g/mol. The van der Waals surface area contributed by atoms with E-state index in [2.05, 4.69) is 59.6 Å². The molecule has 2 heterocycles. The number of carbonyl (C=O) groups excluding carboxylic acids is 1. The van der Waals surface area contributed by atoms with Gasteiger partial charge in [0.15, 0.2) is 5.76 Å². The molecule has 1 amide bonds. The third-order valence-corrected chi connectivity index (χ3v) is 5.46. The third kappa shape index (κ3) is 4.62. The van der Waals surface area contributed by atoms with Gasteiger partial charge in [-0.3, -0.25) is 4.79 Å². The van der Waals surface area contributed by atoms with Gasteiger partial charge in [-0.1, -0.05) is 36.4 Å². The minimum atomic E-state index is -0.0261. The second-order valence-electron chi connectivity index (χ2n) is 7.42. The summed E-state index contributed by atoms with van der Waals surface area (Å²) in [5.41, 5.74) is 4.95. The van der Waals surface area contributed by atoms with Crippen LogP contribution < -0.4 is 10.2 Å². The summed E-state index contributed by atoms with van der Waals surface area (Å²) in [5.74, 6) is 0.389. The van der Waals surface area contributed by atoms with Crippen molar-refractivity contribution in [2.24, 2.45) is 0 Å². The Morgan fingerprint density at radius 2 is 1.79 bits per heavy atom. The molecule has 5 nitrogen and oxygen atoms in total. The van der Waals surface area contributed by atoms with Crippen LogP contribution in [0.4, 0.5) is 11.4 Å². The molecule has 1 N–H and O–H groups in total. The van der Waals surface area contributed by atoms with Crippen LogP contribution in [0.3, 0.4) is 0 Å². The number of furan rings is 1. The number of benzene rings is 2. The lowest BCUT2D eigenvalue weighted by molar-refractivity contribution is 0.0714. The number of anilines is 2. The van der Waals surface area contributed by atoms with Crippen molar-refractivity contribution in [2.75, 3.05) is 42.9 Å². The predicted molar refractivity (Wildman–Crippen MR) is 117 cm³/mol. The molecule has 150 valence electrons. The SMILES string of the molecule is Cc1ccc(N2CCN(C(=O)c3ccco3)CC2)cc1NCCc1ccccc1. The molecule has 0 spiro atoms. The van der Waals surface area contributed by atoms with Crippen LogP contribution in [0.25, 0.3) is 0 Å². The topological polar surface area (TPSA) is 48.7 Å². The Morgan fingerprint density at radius 1 is 1.00 bits per heavy atom. The summed E-state index contributed by atoms with van der Waals surface area (Å²) in [5, 5.41) is 3.58. The quantitative estimate of drug-likeness (QED) is 0.686. The maximum atomic E-state index is 12.4. The number of carbonyl (C=O) groups is 1. The van der Waals surface area contributed by atoms with Gasteiger partial charge in [-0.25, -0.2) is 0 Å². The lowest BCUT2D eigenvalue weighted by atomic mass is 10.1. The molecule has 29 heavy (non-hydrogen) atoms. The summed E-state index contributed by atoms with van der Waals surface area (Å²) in [6.45, 7) is 6.07. The van der Waals surface area contributed by atoms with Gasteiger partial charge >= 0.3 is 0 Å². The van der Waals surface area contributed by atoms with E-state index in [9.17, 15) is 4.79 Å². The molecular weight excluding hydrogens is 362 g/mol. The number of piperazine rings is 1. The second-order valence-corrected chi connectivity index (χ2v) is 7.42. The van der Waals surface area contributed by atoms with Crippen LogP contribution in [0.5, 0.6) is 0 Å². The zero-order valence-corrected chi connectivity index (χ0v) is 16.8. The zero-order valence-electron chi connectivity index (χ0n) is 16.8. The van der Waals surface area contributed by atoms with Crippen LogP contribution in [0.15, 0.2) is 71.3 Å². The number of amides is 1. The van der Waals surface area contributed by atoms with E-state index in [1.807, 2.05) is 11.0 Å². The van der Waals surface area contributed by atoms with Crippen LogP contribution in [-0.4, -0.2) is 43.5 Å². The standard InChI is InChI=1S/C24H27N3O2/c1-19-9-10-21(18-22(19)25-12-11-20-6-3-2-4-7-20)26-13-15-27(16-14-26)24(28)23-8-5-17-29-23/h2-10,17-18,25H,11-16H2,1H3. The Kier molecular flexibility index (Phi) is 5.84. The molecule has 0 atom stereocenters. The first-order valence-corrected chi connectivity index (χ1v) is 10.2. The maximum absolute atomic E-state index is 12.4. The van der Waals surface area contributed by atoms with Gasteiger partial charge in [0.25, 0.3) is 5.91 Å². The fourth-order valence-electron chi connectivity index (χ4n) is 3.71. The van der Waals surface area contributed by atoms with Crippen LogP contribution >= 0.6 is 0 Å². The van der Waals surface area contributed by atoms with Gasteiger partial charge < -0.3 is 19.5 Å². The smallest absolute Gasteiger partial charge is 0.289 e. The van der Waals surface area contributed by atoms with E-state index in [4.69, 9.17) is 4.42 Å². The molecule has 1 aromatic heterocycles. The molecule has 0 bridgehead atoms. The number of nitrogens with one attached hydrogen (secondary N) is 1. The number of hydrogen-bond acceptors (Lipinski definition) is 4. The van der Waals surface area contributed by atoms with Gasteiger partial charge in [0.05, 0.1) is 6.26 Å². The number of nitrogens with zero attached hydrogens (tertiary/aromatic N) is 2. The minimum Gasteiger partial charge on any atom is -0.459 e. The van der Waals surface area contributed by atoms with Gasteiger partial charge in [0.1, 0.15) is 0 Å². The number of aryl methyl sites for hydroxylation is 1. The van der Waals surface area contributed by atoms with Crippen molar-refractivity contribution in [1.82, 2.24) is 4.90 Å². The van der Waals surface area contributed by atoms with Gasteiger partial charge in [-0.2, -0.15) is 0 Å². The fourth-order valence-corrected chi connectivity index (χ4v) is 3.71. The fraction of sp³-hybridized carbons (Fsp3) is 0.292. The molecule has 1 saturated heterocycles. The van der Waals surface area contributed by atoms with Gasteiger partial charge in [-0.15, -0.1) is 0 Å². The Labute approximate surface area is 171 Å². The summed E-state index contributed by atoms with van der Waals surface area (Å²) in [6, 6.07) is 20.6. The number of rotatable bonds is 6. The summed E-state index contributed by atoms with van der Waals surface area (Å²) < 4.78 is 5.25. The Balaban J connectivity index is 1.34. The highest BCUT2D eigenvalue weighted by molar-refractivity contribution is 5.91. The Morgan fingerprint density at radius 3 is 2.52 bits per heavy atom. The number of hydrogen-bond donors (Lipinski definition) is 1. The zero-order chi connectivity index (χ0) is 20.1. The normalized spacial score (nSPS) is 14.1. The highest BCUT2D eigenvalue weighted by atomic mass is 16.3. The molecule has 1 aliphatic heterocycles. The van der Waals surface area contributed by atoms with Gasteiger partial charge in [-0.05, 0) is 48.7 Å². The third-order valence-electron chi connectivity index (χ3n) is 5.46. The minimum absolute atomic E-state index is 0.0261. The van der Waals surface area contributed by atoms with Crippen molar-refractivity contribution in [2.45, 2.75) is 13.3 Å². The average Bonchev–Trinajstić information content (AvgIpc) is 3.30. The molecule has 2 aromatic carbocycles. The lowest BCUT2D eigenvalue weighted by Crippen LogP contribution is -2.48. The van der Waals surface area contributed by atoms with Crippen molar-refractivity contribution < 1.29 is 9.21 Å². The molecule has 0 radical (unpaired) electrons. The first-order chi connectivity index (χ1) is 14.2. The van der Waals surface area contributed by atoms with E-state index in [0.717, 1.165) is 26.1 Å². The van der Waals surface area contributed by atoms with Gasteiger partial charge in [0, 0.05) is 44.1 Å². The molecule has 0 saturated carbocycles. The second kappa shape index (κ2) is 8.86. The summed E-state index contributed by atoms with van der Waals surface area (Å²) in [6.07, 6.45) is 2.54. The van der Waals surface area contributed by atoms with Crippen LogP contribution in [0.2, 0.25) is 0 Å². The largest absolute Gasteiger partial charge is 0.459 e. The van der Waals surface area contributed by atoms with Crippen LogP contribution in [0.1, 0.15) is 21.7 Å². The Bertz CT molecular complexity index is 930. The molecule has 1 fully saturated rings. The summed E-state index contributed by atoms with van der Waals surface area (Å²) >= 11 is 0. The molecule has 3 aromatic rings. The molecule has 5 heteroatoms. The molecule has 1 aliphatic rings. The lowest BCUT2D eigenvalue weighted by Gasteiger charge is -2.36. The van der Waals surface area contributed by atoms with E-state index < -0.39 is 0 Å². The highest BCUT2D eigenvalue weighted by Gasteiger charge is 2.24. The molecule has 4 rings (SSSR count). The van der Waals surface area contributed by atoms with Crippen LogP contribution in [0, 0.1) is 6.92 Å². The van der Waals surface area contributed by atoms with Crippen molar-refractivity contribution >= 4 is 17.3 Å². The first-order valence-electron chi connectivity index (χ1n) is 10.2. The molecule has 0 aliphatic carbocycles. The van der Waals surface area contributed by atoms with Crippen molar-refractivity contribution in [3.05, 3.63) is 83.8 Å². The molecule has 0 unspecified atom stereocenters. The van der Waals surface area contributed by atoms with E-state index in [0.29, 0.717) is 18.8 Å². The van der Waals surface area contributed by atoms with Crippen molar-refractivity contribution in [1.29, 1.82) is 0 Å². The maximum Gasteiger partial charge on any atom is 0.289 e. The predicted octanol–water partition coefficient (Wildman–Crippen LogP) is 4.21. The Hall–Kier alpha value is -3.21. The van der Waals surface area contributed by atoms with E-state index in [1.54, 1.807) is 18.4 Å². The molecular formula is C24H27N3O2. The van der Waals surface area contributed by atoms with E-state index in [1.165, 1.54) is 22.5 Å². The van der Waals surface area contributed by atoms with E-state index >= 15 is 0 Å². The monoisotopic (exact) mass is 389 g/mol. The van der Waals surface area contributed by atoms with Crippen LogP contribution in [-0.2, 0) is 6.42 Å². The first kappa shape index (κ1) is 19.1. The summed E-state index contributed by atoms with van der Waals surface area (Å²) in [7, 11) is 0.